The first kappa shape index (κ1) is 54.8. The highest BCUT2D eigenvalue weighted by Gasteiger charge is 2.23. The highest BCUT2D eigenvalue weighted by molar-refractivity contribution is 4.81. The molecule has 1 N–H and O–H groups in total. The Morgan fingerprint density at radius 2 is 0.849 bits per heavy atom. The highest BCUT2D eigenvalue weighted by Crippen LogP contribution is 2.13. The lowest BCUT2D eigenvalue weighted by Crippen LogP contribution is -3.00. The quantitative estimate of drug-likeness (QED) is 0.0382. The van der Waals surface area contributed by atoms with Gasteiger partial charge in [-0.25, -0.2) is 0 Å². The number of aliphatic hydroxyl groups excluding tert-OH is 1. The molecule has 0 heterocycles. The maximum atomic E-state index is 8.76. The predicted molar refractivity (Wildman–Crippen MR) is 222 cm³/mol. The number of quaternary nitrogens is 1. The van der Waals surface area contributed by atoms with E-state index in [4.69, 9.17) is 28.8 Å². The molecular formula is C45H90BrNO6. The van der Waals surface area contributed by atoms with Crippen LogP contribution in [-0.4, -0.2) is 109 Å². The van der Waals surface area contributed by atoms with Gasteiger partial charge in [0.2, 0.25) is 0 Å². The summed E-state index contributed by atoms with van der Waals surface area (Å²) in [6.45, 7) is 12.0. The van der Waals surface area contributed by atoms with E-state index in [1.807, 2.05) is 0 Å². The molecule has 53 heavy (non-hydrogen) atoms. The minimum atomic E-state index is 0. The summed E-state index contributed by atoms with van der Waals surface area (Å²) in [6, 6.07) is 0. The monoisotopic (exact) mass is 820 g/mol. The molecule has 0 saturated carbocycles. The molecule has 0 spiro atoms. The number of hydrogen-bond donors (Lipinski definition) is 1. The molecule has 1 unspecified atom stereocenters. The van der Waals surface area contributed by atoms with Gasteiger partial charge in [-0.1, -0.05) is 141 Å². The zero-order chi connectivity index (χ0) is 37.9. The lowest BCUT2D eigenvalue weighted by atomic mass is 10.1. The van der Waals surface area contributed by atoms with E-state index in [1.54, 1.807) is 0 Å². The van der Waals surface area contributed by atoms with E-state index in [2.05, 4.69) is 52.2 Å². The van der Waals surface area contributed by atoms with Crippen LogP contribution < -0.4 is 17.0 Å². The largest absolute Gasteiger partial charge is 1.00 e. The third-order valence-electron chi connectivity index (χ3n) is 9.63. The smallest absolute Gasteiger partial charge is 0.130 e. The molecular weight excluding hydrogens is 730 g/mol. The fraction of sp³-hybridized carbons (Fsp3) is 0.911. The van der Waals surface area contributed by atoms with Crippen molar-refractivity contribution in [2.75, 3.05) is 93.3 Å². The number of rotatable bonds is 44. The standard InChI is InChI=1S/C45H90NO6.BrH/c1-5-7-9-11-13-15-17-19-21-23-25-27-29-31-35-51-44-45(43-46(3,4)33-37-48-39-41-50-42-40-49-38-34-47)52-36-32-30-28-26-24-22-20-18-16-14-12-10-8-6-2;/h11-14,45,47H,5-10,15-44H2,1-4H3;1H/q+1;/p-1. The molecule has 0 bridgehead atoms. The molecule has 0 aliphatic heterocycles. The molecule has 1 atom stereocenters. The van der Waals surface area contributed by atoms with Crippen molar-refractivity contribution in [2.24, 2.45) is 0 Å². The Labute approximate surface area is 340 Å². The van der Waals surface area contributed by atoms with Crippen LogP contribution in [0.25, 0.3) is 0 Å². The van der Waals surface area contributed by atoms with Crippen LogP contribution >= 0.6 is 0 Å². The summed E-state index contributed by atoms with van der Waals surface area (Å²) in [5.41, 5.74) is 0. The average Bonchev–Trinajstić information content (AvgIpc) is 3.13. The summed E-state index contributed by atoms with van der Waals surface area (Å²) in [7, 11) is 4.53. The highest BCUT2D eigenvalue weighted by atomic mass is 79.9. The number of nitrogens with zero attached hydrogens (tertiary/aromatic N) is 1. The maximum absolute atomic E-state index is 8.76. The topological polar surface area (TPSA) is 66.4 Å². The van der Waals surface area contributed by atoms with Gasteiger partial charge < -0.3 is 50.3 Å². The second-order valence-electron chi connectivity index (χ2n) is 15.4. The van der Waals surface area contributed by atoms with Gasteiger partial charge in [0.25, 0.3) is 0 Å². The Morgan fingerprint density at radius 3 is 1.32 bits per heavy atom. The van der Waals surface area contributed by atoms with Gasteiger partial charge in [-0.15, -0.1) is 0 Å². The molecule has 318 valence electrons. The summed E-state index contributed by atoms with van der Waals surface area (Å²) in [5.74, 6) is 0. The van der Waals surface area contributed by atoms with E-state index >= 15 is 0 Å². The molecule has 0 aliphatic rings. The number of halogens is 1. The first-order chi connectivity index (χ1) is 25.6. The van der Waals surface area contributed by atoms with Gasteiger partial charge in [0.1, 0.15) is 19.2 Å². The normalized spacial score (nSPS) is 12.7. The first-order valence-electron chi connectivity index (χ1n) is 22.2. The third kappa shape index (κ3) is 46.0. The molecule has 0 radical (unpaired) electrons. The molecule has 0 rings (SSSR count). The minimum Gasteiger partial charge on any atom is -1.00 e. The zero-order valence-electron chi connectivity index (χ0n) is 35.7. The fourth-order valence-electron chi connectivity index (χ4n) is 6.25. The average molecular weight is 821 g/mol. The Hall–Kier alpha value is -0.320. The Morgan fingerprint density at radius 1 is 0.453 bits per heavy atom. The summed E-state index contributed by atoms with van der Waals surface area (Å²) in [5, 5.41) is 8.76. The van der Waals surface area contributed by atoms with Crippen LogP contribution in [0.15, 0.2) is 24.3 Å². The molecule has 0 aromatic carbocycles. The maximum Gasteiger partial charge on any atom is 0.130 e. The first-order valence-corrected chi connectivity index (χ1v) is 22.2. The van der Waals surface area contributed by atoms with Crippen LogP contribution in [0.5, 0.6) is 0 Å². The summed E-state index contributed by atoms with van der Waals surface area (Å²) in [6.07, 6.45) is 40.9. The van der Waals surface area contributed by atoms with Crippen LogP contribution in [-0.2, 0) is 23.7 Å². The van der Waals surface area contributed by atoms with Crippen LogP contribution in [0.3, 0.4) is 0 Å². The Kier molecular flexibility index (Phi) is 47.6. The number of aliphatic hydroxyl groups is 1. The van der Waals surface area contributed by atoms with Crippen LogP contribution in [0.2, 0.25) is 0 Å². The summed E-state index contributed by atoms with van der Waals surface area (Å²) in [4.78, 5) is 0. The number of likely N-dealkylation sites (N-methyl/N-ethyl adjacent to an activating group) is 1. The van der Waals surface area contributed by atoms with Crippen molar-refractivity contribution >= 4 is 0 Å². The molecule has 0 aromatic rings. The molecule has 0 amide bonds. The van der Waals surface area contributed by atoms with E-state index < -0.39 is 0 Å². The number of unbranched alkanes of at least 4 members (excludes halogenated alkanes) is 20. The van der Waals surface area contributed by atoms with E-state index in [0.717, 1.165) is 43.6 Å². The van der Waals surface area contributed by atoms with Crippen molar-refractivity contribution in [3.63, 3.8) is 0 Å². The van der Waals surface area contributed by atoms with Crippen LogP contribution in [0.1, 0.15) is 168 Å². The fourth-order valence-corrected chi connectivity index (χ4v) is 6.25. The molecule has 8 heteroatoms. The van der Waals surface area contributed by atoms with Crippen molar-refractivity contribution in [1.29, 1.82) is 0 Å². The SMILES string of the molecule is CCCCC=CCCCCCCCCCCOCC(C[N+](C)(C)CCOCCOCCOCCO)OCCCCCCCCCCC=CCCCC.[Br-]. The number of ether oxygens (including phenoxy) is 5. The van der Waals surface area contributed by atoms with Gasteiger partial charge in [0, 0.05) is 13.2 Å². The molecule has 0 aliphatic carbocycles. The van der Waals surface area contributed by atoms with E-state index in [0.29, 0.717) is 46.2 Å². The summed E-state index contributed by atoms with van der Waals surface area (Å²) < 4.78 is 30.1. The molecule has 0 aromatic heterocycles. The second-order valence-corrected chi connectivity index (χ2v) is 15.4. The zero-order valence-corrected chi connectivity index (χ0v) is 37.2. The van der Waals surface area contributed by atoms with Crippen molar-refractivity contribution in [3.05, 3.63) is 24.3 Å². The lowest BCUT2D eigenvalue weighted by Gasteiger charge is -2.33. The molecule has 0 fully saturated rings. The van der Waals surface area contributed by atoms with Gasteiger partial charge in [-0.05, 0) is 51.4 Å². The predicted octanol–water partition coefficient (Wildman–Crippen LogP) is 8.03. The van der Waals surface area contributed by atoms with E-state index in [-0.39, 0.29) is 29.7 Å². The van der Waals surface area contributed by atoms with Crippen LogP contribution in [0, 0.1) is 0 Å². The molecule has 7 nitrogen and oxygen atoms in total. The van der Waals surface area contributed by atoms with Crippen molar-refractivity contribution in [3.8, 4) is 0 Å². The van der Waals surface area contributed by atoms with Crippen molar-refractivity contribution in [2.45, 2.75) is 174 Å². The van der Waals surface area contributed by atoms with Gasteiger partial charge in [-0.3, -0.25) is 0 Å². The van der Waals surface area contributed by atoms with Crippen molar-refractivity contribution in [1.82, 2.24) is 0 Å². The van der Waals surface area contributed by atoms with Gasteiger partial charge >= 0.3 is 0 Å². The van der Waals surface area contributed by atoms with Gasteiger partial charge in [0.05, 0.1) is 67.0 Å². The summed E-state index contributed by atoms with van der Waals surface area (Å²) >= 11 is 0. The third-order valence-corrected chi connectivity index (χ3v) is 9.63. The lowest BCUT2D eigenvalue weighted by molar-refractivity contribution is -0.894. The molecule has 0 saturated heterocycles. The minimum absolute atomic E-state index is 0. The van der Waals surface area contributed by atoms with Crippen LogP contribution in [0.4, 0.5) is 0 Å². The number of allylic oxidation sites excluding steroid dienone is 4. The van der Waals surface area contributed by atoms with Gasteiger partial charge in [-0.2, -0.15) is 0 Å². The number of hydrogen-bond acceptors (Lipinski definition) is 6. The Bertz CT molecular complexity index is 738. The van der Waals surface area contributed by atoms with E-state index in [1.165, 1.54) is 141 Å². The Balaban J connectivity index is 0. The van der Waals surface area contributed by atoms with Crippen molar-refractivity contribution < 1.29 is 50.3 Å². The van der Waals surface area contributed by atoms with Gasteiger partial charge in [0.15, 0.2) is 0 Å². The van der Waals surface area contributed by atoms with E-state index in [9.17, 15) is 0 Å². The second kappa shape index (κ2) is 46.1.